The van der Waals surface area contributed by atoms with Crippen LogP contribution in [0.5, 0.6) is 0 Å². The van der Waals surface area contributed by atoms with Gasteiger partial charge in [0, 0.05) is 17.6 Å². The minimum absolute atomic E-state index is 0.155. The van der Waals surface area contributed by atoms with Gasteiger partial charge in [-0.05, 0) is 61.9 Å². The summed E-state index contributed by atoms with van der Waals surface area (Å²) < 4.78 is 28.3. The van der Waals surface area contributed by atoms with Gasteiger partial charge in [-0.1, -0.05) is 44.0 Å². The minimum Gasteiger partial charge on any atom is -0.349 e. The van der Waals surface area contributed by atoms with Crippen LogP contribution in [0.25, 0.3) is 0 Å². The lowest BCUT2D eigenvalue weighted by atomic mass is 9.86. The lowest BCUT2D eigenvalue weighted by Crippen LogP contribution is -2.41. The molecule has 0 radical (unpaired) electrons. The number of carbonyl (C=O) groups is 1. The molecule has 0 spiro atoms. The van der Waals surface area contributed by atoms with Crippen molar-refractivity contribution in [3.8, 4) is 0 Å². The molecule has 154 valence electrons. The summed E-state index contributed by atoms with van der Waals surface area (Å²) >= 11 is 0. The van der Waals surface area contributed by atoms with Gasteiger partial charge in [-0.2, -0.15) is 0 Å². The zero-order chi connectivity index (χ0) is 20.6. The summed E-state index contributed by atoms with van der Waals surface area (Å²) in [7, 11) is -3.75. The number of carbonyl (C=O) groups excluding carboxylic acids is 1. The van der Waals surface area contributed by atoms with Gasteiger partial charge >= 0.3 is 0 Å². The maximum absolute atomic E-state index is 13.4. The molecule has 1 heterocycles. The standard InChI is InChI=1S/C23H28N2O3S/c1-16-8-3-5-12-21(16)24-23(26)19-10-7-11-20(15-19)29(27,28)25-17(2)14-18-9-4-6-13-22(18)25/h4,6-7,9-11,13,15-17,21H,3,5,8,12,14H2,1-2H3,(H,24,26). The molecule has 1 N–H and O–H groups in total. The Kier molecular flexibility index (Phi) is 5.38. The van der Waals surface area contributed by atoms with Crippen molar-refractivity contribution >= 4 is 21.6 Å². The number of hydrogen-bond donors (Lipinski definition) is 1. The second kappa shape index (κ2) is 7.82. The molecule has 2 aromatic carbocycles. The van der Waals surface area contributed by atoms with Crippen molar-refractivity contribution in [2.75, 3.05) is 4.31 Å². The maximum atomic E-state index is 13.4. The molecule has 1 amide bonds. The summed E-state index contributed by atoms with van der Waals surface area (Å²) in [5, 5.41) is 3.11. The highest BCUT2D eigenvalue weighted by Gasteiger charge is 2.36. The van der Waals surface area contributed by atoms with Crippen LogP contribution in [0.3, 0.4) is 0 Å². The van der Waals surface area contributed by atoms with Crippen LogP contribution in [0.1, 0.15) is 55.5 Å². The molecule has 0 bridgehead atoms. The van der Waals surface area contributed by atoms with Crippen molar-refractivity contribution in [2.45, 2.75) is 62.9 Å². The number of nitrogens with zero attached hydrogens (tertiary/aromatic N) is 1. The lowest BCUT2D eigenvalue weighted by molar-refractivity contribution is 0.0910. The highest BCUT2D eigenvalue weighted by atomic mass is 32.2. The van der Waals surface area contributed by atoms with Crippen molar-refractivity contribution < 1.29 is 13.2 Å². The summed E-state index contributed by atoms with van der Waals surface area (Å²) in [6, 6.07) is 14.0. The van der Waals surface area contributed by atoms with Gasteiger partial charge in [-0.3, -0.25) is 9.10 Å². The van der Waals surface area contributed by atoms with Crippen LogP contribution >= 0.6 is 0 Å². The van der Waals surface area contributed by atoms with Gasteiger partial charge in [0.15, 0.2) is 0 Å². The normalized spacial score (nSPS) is 24.2. The smallest absolute Gasteiger partial charge is 0.264 e. The fourth-order valence-electron chi connectivity index (χ4n) is 4.60. The Bertz CT molecular complexity index is 1020. The largest absolute Gasteiger partial charge is 0.349 e. The molecule has 3 unspecified atom stereocenters. The fraction of sp³-hybridized carbons (Fsp3) is 0.435. The first-order chi connectivity index (χ1) is 13.9. The van der Waals surface area contributed by atoms with Crippen LogP contribution in [0.15, 0.2) is 53.4 Å². The van der Waals surface area contributed by atoms with Gasteiger partial charge in [-0.15, -0.1) is 0 Å². The molecule has 4 rings (SSSR count). The van der Waals surface area contributed by atoms with E-state index in [0.717, 1.165) is 30.5 Å². The van der Waals surface area contributed by atoms with Gasteiger partial charge in [0.05, 0.1) is 10.6 Å². The second-order valence-electron chi connectivity index (χ2n) is 8.35. The van der Waals surface area contributed by atoms with Gasteiger partial charge in [-0.25, -0.2) is 8.42 Å². The summed E-state index contributed by atoms with van der Waals surface area (Å²) in [4.78, 5) is 13.0. The first kappa shape index (κ1) is 20.0. The van der Waals surface area contributed by atoms with E-state index in [9.17, 15) is 13.2 Å². The summed E-state index contributed by atoms with van der Waals surface area (Å²) in [6.07, 6.45) is 5.11. The van der Waals surface area contributed by atoms with Crippen molar-refractivity contribution in [2.24, 2.45) is 5.92 Å². The zero-order valence-electron chi connectivity index (χ0n) is 17.0. The molecule has 0 aromatic heterocycles. The van der Waals surface area contributed by atoms with E-state index < -0.39 is 10.0 Å². The van der Waals surface area contributed by atoms with Crippen LogP contribution < -0.4 is 9.62 Å². The first-order valence-electron chi connectivity index (χ1n) is 10.4. The van der Waals surface area contributed by atoms with Crippen LogP contribution in [-0.2, 0) is 16.4 Å². The average molecular weight is 413 g/mol. The zero-order valence-corrected chi connectivity index (χ0v) is 17.8. The predicted octanol–water partition coefficient (Wildman–Crippen LogP) is 4.14. The average Bonchev–Trinajstić information content (AvgIpc) is 3.06. The van der Waals surface area contributed by atoms with E-state index in [1.807, 2.05) is 31.2 Å². The van der Waals surface area contributed by atoms with Gasteiger partial charge in [0.25, 0.3) is 15.9 Å². The SMILES string of the molecule is CC1CCCCC1NC(=O)c1cccc(S(=O)(=O)N2c3ccccc3CC2C)c1. The topological polar surface area (TPSA) is 66.5 Å². The third-order valence-electron chi connectivity index (χ3n) is 6.23. The van der Waals surface area contributed by atoms with E-state index in [0.29, 0.717) is 17.9 Å². The summed E-state index contributed by atoms with van der Waals surface area (Å²) in [5.74, 6) is 0.247. The maximum Gasteiger partial charge on any atom is 0.264 e. The Balaban J connectivity index is 1.60. The molecular weight excluding hydrogens is 384 g/mol. The van der Waals surface area contributed by atoms with E-state index in [2.05, 4.69) is 12.2 Å². The Labute approximate surface area is 173 Å². The van der Waals surface area contributed by atoms with Gasteiger partial charge in [0.1, 0.15) is 0 Å². The molecule has 0 saturated heterocycles. The number of anilines is 1. The van der Waals surface area contributed by atoms with E-state index in [1.54, 1.807) is 18.2 Å². The van der Waals surface area contributed by atoms with Crippen molar-refractivity contribution in [3.63, 3.8) is 0 Å². The molecule has 6 heteroatoms. The summed E-state index contributed by atoms with van der Waals surface area (Å²) in [5.41, 5.74) is 2.15. The van der Waals surface area contributed by atoms with Crippen LogP contribution in [0, 0.1) is 5.92 Å². The molecular formula is C23H28N2O3S. The summed E-state index contributed by atoms with van der Waals surface area (Å²) in [6.45, 7) is 4.08. The van der Waals surface area contributed by atoms with E-state index >= 15 is 0 Å². The molecule has 1 aliphatic heterocycles. The number of benzene rings is 2. The van der Waals surface area contributed by atoms with Crippen LogP contribution in [-0.4, -0.2) is 26.4 Å². The molecule has 3 atom stereocenters. The third-order valence-corrected chi connectivity index (χ3v) is 8.15. The van der Waals surface area contributed by atoms with E-state index in [-0.39, 0.29) is 22.9 Å². The Morgan fingerprint density at radius 1 is 1.03 bits per heavy atom. The lowest BCUT2D eigenvalue weighted by Gasteiger charge is -2.29. The number of sulfonamides is 1. The predicted molar refractivity (Wildman–Crippen MR) is 115 cm³/mol. The quantitative estimate of drug-likeness (QED) is 0.821. The Morgan fingerprint density at radius 2 is 1.79 bits per heavy atom. The van der Waals surface area contributed by atoms with Crippen LogP contribution in [0.4, 0.5) is 5.69 Å². The van der Waals surface area contributed by atoms with E-state index in [4.69, 9.17) is 0 Å². The van der Waals surface area contributed by atoms with Crippen LogP contribution in [0.2, 0.25) is 0 Å². The molecule has 2 aromatic rings. The molecule has 5 nitrogen and oxygen atoms in total. The number of hydrogen-bond acceptors (Lipinski definition) is 3. The highest BCUT2D eigenvalue weighted by molar-refractivity contribution is 7.92. The number of rotatable bonds is 4. The molecule has 1 saturated carbocycles. The van der Waals surface area contributed by atoms with Crippen molar-refractivity contribution in [1.82, 2.24) is 5.32 Å². The third kappa shape index (κ3) is 3.78. The number of nitrogens with one attached hydrogen (secondary N) is 1. The fourth-order valence-corrected chi connectivity index (χ4v) is 6.34. The first-order valence-corrected chi connectivity index (χ1v) is 11.8. The number of para-hydroxylation sites is 1. The van der Waals surface area contributed by atoms with Gasteiger partial charge in [0.2, 0.25) is 0 Å². The molecule has 29 heavy (non-hydrogen) atoms. The van der Waals surface area contributed by atoms with Crippen molar-refractivity contribution in [3.05, 3.63) is 59.7 Å². The van der Waals surface area contributed by atoms with Crippen molar-refractivity contribution in [1.29, 1.82) is 0 Å². The number of fused-ring (bicyclic) bond motifs is 1. The Morgan fingerprint density at radius 3 is 2.59 bits per heavy atom. The molecule has 2 aliphatic rings. The number of amides is 1. The van der Waals surface area contributed by atoms with E-state index in [1.165, 1.54) is 16.8 Å². The van der Waals surface area contributed by atoms with Gasteiger partial charge < -0.3 is 5.32 Å². The second-order valence-corrected chi connectivity index (χ2v) is 10.2. The molecule has 1 fully saturated rings. The molecule has 1 aliphatic carbocycles. The Hall–Kier alpha value is -2.34. The monoisotopic (exact) mass is 412 g/mol. The highest BCUT2D eigenvalue weighted by Crippen LogP contribution is 2.36. The minimum atomic E-state index is -3.75.